The number of aromatic nitrogens is 2. The SMILES string of the molecule is Cc1ccc(OCCSC(C)c2nc(C)no2)cc1. The van der Waals surface area contributed by atoms with Gasteiger partial charge in [-0.15, -0.1) is 11.8 Å². The predicted molar refractivity (Wildman–Crippen MR) is 76.6 cm³/mol. The molecular formula is C14H18N2O2S. The van der Waals surface area contributed by atoms with Crippen molar-refractivity contribution in [3.05, 3.63) is 41.5 Å². The summed E-state index contributed by atoms with van der Waals surface area (Å²) in [7, 11) is 0. The van der Waals surface area contributed by atoms with Crippen molar-refractivity contribution in [2.24, 2.45) is 0 Å². The summed E-state index contributed by atoms with van der Waals surface area (Å²) in [6.07, 6.45) is 0. The van der Waals surface area contributed by atoms with E-state index in [9.17, 15) is 0 Å². The van der Waals surface area contributed by atoms with Crippen molar-refractivity contribution in [2.75, 3.05) is 12.4 Å². The smallest absolute Gasteiger partial charge is 0.239 e. The zero-order valence-electron chi connectivity index (χ0n) is 11.4. The van der Waals surface area contributed by atoms with Gasteiger partial charge < -0.3 is 9.26 Å². The number of nitrogens with zero attached hydrogens (tertiary/aromatic N) is 2. The number of thioether (sulfide) groups is 1. The van der Waals surface area contributed by atoms with Crippen LogP contribution in [-0.2, 0) is 0 Å². The lowest BCUT2D eigenvalue weighted by Crippen LogP contribution is -2.02. The van der Waals surface area contributed by atoms with Gasteiger partial charge in [-0.05, 0) is 32.9 Å². The summed E-state index contributed by atoms with van der Waals surface area (Å²) < 4.78 is 10.8. The first-order valence-corrected chi connectivity index (χ1v) is 7.31. The van der Waals surface area contributed by atoms with Crippen LogP contribution in [0, 0.1) is 13.8 Å². The molecule has 1 aromatic carbocycles. The summed E-state index contributed by atoms with van der Waals surface area (Å²) in [4.78, 5) is 4.22. The molecule has 19 heavy (non-hydrogen) atoms. The van der Waals surface area contributed by atoms with Crippen molar-refractivity contribution >= 4 is 11.8 Å². The third-order valence-electron chi connectivity index (χ3n) is 2.63. The van der Waals surface area contributed by atoms with Gasteiger partial charge in [0.25, 0.3) is 0 Å². The molecule has 0 N–H and O–H groups in total. The molecule has 1 aromatic heterocycles. The van der Waals surface area contributed by atoms with Crippen LogP contribution in [0.15, 0.2) is 28.8 Å². The fourth-order valence-electron chi connectivity index (χ4n) is 1.57. The van der Waals surface area contributed by atoms with E-state index in [1.165, 1.54) is 5.56 Å². The number of hydrogen-bond donors (Lipinski definition) is 0. The Balaban J connectivity index is 1.70. The summed E-state index contributed by atoms with van der Waals surface area (Å²) in [5, 5.41) is 3.99. The predicted octanol–water partition coefficient (Wildman–Crippen LogP) is 3.56. The topological polar surface area (TPSA) is 48.2 Å². The van der Waals surface area contributed by atoms with Crippen molar-refractivity contribution in [2.45, 2.75) is 26.0 Å². The van der Waals surface area contributed by atoms with Crippen molar-refractivity contribution in [1.29, 1.82) is 0 Å². The fraction of sp³-hybridized carbons (Fsp3) is 0.429. The zero-order valence-corrected chi connectivity index (χ0v) is 12.2. The largest absolute Gasteiger partial charge is 0.493 e. The molecule has 4 nitrogen and oxygen atoms in total. The third kappa shape index (κ3) is 4.28. The van der Waals surface area contributed by atoms with Crippen LogP contribution in [0.25, 0.3) is 0 Å². The van der Waals surface area contributed by atoms with Crippen LogP contribution in [-0.4, -0.2) is 22.5 Å². The summed E-state index contributed by atoms with van der Waals surface area (Å²) in [5.74, 6) is 3.15. The van der Waals surface area contributed by atoms with Gasteiger partial charge in [0.05, 0.1) is 11.9 Å². The molecule has 0 amide bonds. The number of aryl methyl sites for hydroxylation is 2. The van der Waals surface area contributed by atoms with E-state index in [1.807, 2.05) is 31.2 Å². The van der Waals surface area contributed by atoms with E-state index < -0.39 is 0 Å². The first-order valence-electron chi connectivity index (χ1n) is 6.26. The Morgan fingerprint density at radius 3 is 2.63 bits per heavy atom. The van der Waals surface area contributed by atoms with E-state index in [0.29, 0.717) is 18.3 Å². The Morgan fingerprint density at radius 2 is 2.00 bits per heavy atom. The second-order valence-corrected chi connectivity index (χ2v) is 5.80. The fourth-order valence-corrected chi connectivity index (χ4v) is 2.34. The minimum Gasteiger partial charge on any atom is -0.493 e. The van der Waals surface area contributed by atoms with E-state index in [-0.39, 0.29) is 5.25 Å². The number of rotatable bonds is 6. The minimum absolute atomic E-state index is 0.197. The van der Waals surface area contributed by atoms with Crippen molar-refractivity contribution in [1.82, 2.24) is 10.1 Å². The van der Waals surface area contributed by atoms with Crippen LogP contribution >= 0.6 is 11.8 Å². The Kier molecular flexibility index (Phi) is 4.85. The Bertz CT molecular complexity index is 510. The minimum atomic E-state index is 0.197. The van der Waals surface area contributed by atoms with Crippen molar-refractivity contribution in [3.8, 4) is 5.75 Å². The highest BCUT2D eigenvalue weighted by Gasteiger charge is 2.12. The second kappa shape index (κ2) is 6.61. The first kappa shape index (κ1) is 13.9. The molecule has 0 fully saturated rings. The molecule has 2 rings (SSSR count). The maximum Gasteiger partial charge on any atom is 0.239 e. The standard InChI is InChI=1S/C14H18N2O2S/c1-10-4-6-13(7-5-10)17-8-9-19-11(2)14-15-12(3)16-18-14/h4-7,11H,8-9H2,1-3H3. The van der Waals surface area contributed by atoms with Crippen LogP contribution in [0.5, 0.6) is 5.75 Å². The van der Waals surface area contributed by atoms with Gasteiger partial charge in [-0.25, -0.2) is 0 Å². The molecule has 0 spiro atoms. The molecule has 0 saturated heterocycles. The third-order valence-corrected chi connectivity index (χ3v) is 3.74. The van der Waals surface area contributed by atoms with Crippen LogP contribution in [0.2, 0.25) is 0 Å². The lowest BCUT2D eigenvalue weighted by molar-refractivity contribution is 0.343. The Morgan fingerprint density at radius 1 is 1.26 bits per heavy atom. The second-order valence-electron chi connectivity index (χ2n) is 4.35. The van der Waals surface area contributed by atoms with Gasteiger partial charge in [-0.3, -0.25) is 0 Å². The van der Waals surface area contributed by atoms with Crippen LogP contribution in [0.4, 0.5) is 0 Å². The number of ether oxygens (including phenoxy) is 1. The van der Waals surface area contributed by atoms with Crippen molar-refractivity contribution < 1.29 is 9.26 Å². The quantitative estimate of drug-likeness (QED) is 0.756. The molecule has 2 aromatic rings. The van der Waals surface area contributed by atoms with Crippen molar-refractivity contribution in [3.63, 3.8) is 0 Å². The molecule has 5 heteroatoms. The first-order chi connectivity index (χ1) is 9.15. The molecular weight excluding hydrogens is 260 g/mol. The molecule has 0 aliphatic heterocycles. The van der Waals surface area contributed by atoms with Gasteiger partial charge in [0.2, 0.25) is 5.89 Å². The van der Waals surface area contributed by atoms with E-state index in [4.69, 9.17) is 9.26 Å². The Labute approximate surface area is 117 Å². The van der Waals surface area contributed by atoms with Gasteiger partial charge in [0, 0.05) is 5.75 Å². The highest BCUT2D eigenvalue weighted by molar-refractivity contribution is 7.99. The summed E-state index contributed by atoms with van der Waals surface area (Å²) in [5.41, 5.74) is 1.24. The van der Waals surface area contributed by atoms with E-state index in [2.05, 4.69) is 24.0 Å². The summed E-state index contributed by atoms with van der Waals surface area (Å²) in [6, 6.07) is 8.08. The molecule has 102 valence electrons. The average molecular weight is 278 g/mol. The normalized spacial score (nSPS) is 12.4. The van der Waals surface area contributed by atoms with E-state index in [0.717, 1.165) is 11.5 Å². The van der Waals surface area contributed by atoms with Gasteiger partial charge in [-0.2, -0.15) is 4.98 Å². The molecule has 0 aliphatic carbocycles. The molecule has 0 bridgehead atoms. The van der Waals surface area contributed by atoms with E-state index in [1.54, 1.807) is 11.8 Å². The van der Waals surface area contributed by atoms with Crippen LogP contribution in [0.3, 0.4) is 0 Å². The molecule has 1 atom stereocenters. The highest BCUT2D eigenvalue weighted by atomic mass is 32.2. The lowest BCUT2D eigenvalue weighted by atomic mass is 10.2. The van der Waals surface area contributed by atoms with Crippen LogP contribution in [0.1, 0.15) is 29.5 Å². The molecule has 0 saturated carbocycles. The maximum atomic E-state index is 5.66. The monoisotopic (exact) mass is 278 g/mol. The molecule has 0 aliphatic rings. The van der Waals surface area contributed by atoms with Gasteiger partial charge in [0.1, 0.15) is 5.75 Å². The van der Waals surface area contributed by atoms with Crippen LogP contribution < -0.4 is 4.74 Å². The molecule has 1 unspecified atom stereocenters. The summed E-state index contributed by atoms with van der Waals surface area (Å²) in [6.45, 7) is 6.62. The van der Waals surface area contributed by atoms with E-state index >= 15 is 0 Å². The molecule has 0 radical (unpaired) electrons. The molecule has 1 heterocycles. The van der Waals surface area contributed by atoms with Gasteiger partial charge in [-0.1, -0.05) is 22.9 Å². The number of hydrogen-bond acceptors (Lipinski definition) is 5. The van der Waals surface area contributed by atoms with Gasteiger partial charge >= 0.3 is 0 Å². The zero-order chi connectivity index (χ0) is 13.7. The highest BCUT2D eigenvalue weighted by Crippen LogP contribution is 2.26. The number of benzene rings is 1. The lowest BCUT2D eigenvalue weighted by Gasteiger charge is -2.08. The summed E-state index contributed by atoms with van der Waals surface area (Å²) >= 11 is 1.74. The Hall–Kier alpha value is -1.49. The maximum absolute atomic E-state index is 5.66. The average Bonchev–Trinajstić information content (AvgIpc) is 2.83. The van der Waals surface area contributed by atoms with Gasteiger partial charge in [0.15, 0.2) is 5.82 Å².